The molecule has 0 bridgehead atoms. The quantitative estimate of drug-likeness (QED) is 0.739. The maximum Gasteiger partial charge on any atom is 0.110 e. The molecule has 1 aliphatic rings. The molecule has 2 N–H and O–H groups in total. The number of alkyl halides is 1. The molecule has 13 heavy (non-hydrogen) atoms. The molecule has 2 rings (SSSR count). The molecule has 0 aliphatic heterocycles. The summed E-state index contributed by atoms with van der Waals surface area (Å²) in [6.07, 6.45) is -0.302. The second-order valence-corrected chi connectivity index (χ2v) is 3.93. The van der Waals surface area contributed by atoms with Gasteiger partial charge in [-0.05, 0) is 24.1 Å². The second kappa shape index (κ2) is 3.28. The third-order valence-corrected chi connectivity index (χ3v) is 2.86. The lowest BCUT2D eigenvalue weighted by molar-refractivity contribution is 0.140. The van der Waals surface area contributed by atoms with Crippen LogP contribution in [0.4, 0.5) is 4.39 Å². The summed E-state index contributed by atoms with van der Waals surface area (Å²) >= 11 is 5.73. The molecule has 0 radical (unpaired) electrons. The fourth-order valence-electron chi connectivity index (χ4n) is 1.77. The van der Waals surface area contributed by atoms with Gasteiger partial charge in [-0.3, -0.25) is 0 Å². The highest BCUT2D eigenvalue weighted by molar-refractivity contribution is 6.30. The zero-order valence-corrected chi connectivity index (χ0v) is 7.84. The third kappa shape index (κ3) is 1.56. The molecule has 1 fully saturated rings. The zero-order valence-electron chi connectivity index (χ0n) is 7.08. The Morgan fingerprint density at radius 3 is 2.38 bits per heavy atom. The Morgan fingerprint density at radius 2 is 1.92 bits per heavy atom. The van der Waals surface area contributed by atoms with Crippen LogP contribution < -0.4 is 5.73 Å². The summed E-state index contributed by atoms with van der Waals surface area (Å²) in [6.45, 7) is 0. The first-order valence-corrected chi connectivity index (χ1v) is 4.71. The predicted molar refractivity (Wildman–Crippen MR) is 51.7 cm³/mol. The maximum atomic E-state index is 13.1. The highest BCUT2D eigenvalue weighted by Crippen LogP contribution is 2.38. The van der Waals surface area contributed by atoms with E-state index in [-0.39, 0.29) is 12.0 Å². The normalized spacial score (nSPS) is 32.7. The topological polar surface area (TPSA) is 26.0 Å². The zero-order chi connectivity index (χ0) is 9.42. The summed E-state index contributed by atoms with van der Waals surface area (Å²) in [6, 6.07) is 7.21. The highest BCUT2D eigenvalue weighted by Gasteiger charge is 2.39. The van der Waals surface area contributed by atoms with Crippen LogP contribution in [0.5, 0.6) is 0 Å². The van der Waals surface area contributed by atoms with Gasteiger partial charge in [-0.15, -0.1) is 0 Å². The van der Waals surface area contributed by atoms with Crippen LogP contribution in [-0.2, 0) is 0 Å². The molecule has 3 heteroatoms. The molecule has 1 aliphatic carbocycles. The Labute approximate surface area is 81.7 Å². The minimum Gasteiger partial charge on any atom is -0.327 e. The summed E-state index contributed by atoms with van der Waals surface area (Å²) in [4.78, 5) is 0. The van der Waals surface area contributed by atoms with E-state index in [4.69, 9.17) is 17.3 Å². The fraction of sp³-hybridized carbons (Fsp3) is 0.400. The van der Waals surface area contributed by atoms with Gasteiger partial charge in [0, 0.05) is 17.0 Å². The largest absolute Gasteiger partial charge is 0.327 e. The molecular weight excluding hydrogens is 189 g/mol. The highest BCUT2D eigenvalue weighted by atomic mass is 35.5. The fourth-order valence-corrected chi connectivity index (χ4v) is 1.89. The summed E-state index contributed by atoms with van der Waals surface area (Å²) in [5.41, 5.74) is 6.66. The van der Waals surface area contributed by atoms with Crippen molar-refractivity contribution in [2.75, 3.05) is 0 Å². The van der Waals surface area contributed by atoms with Crippen molar-refractivity contribution in [3.8, 4) is 0 Å². The van der Waals surface area contributed by atoms with E-state index >= 15 is 0 Å². The molecular formula is C10H11ClFN. The lowest BCUT2D eigenvalue weighted by atomic mass is 9.74. The number of nitrogens with two attached hydrogens (primary N) is 1. The van der Waals surface area contributed by atoms with Crippen molar-refractivity contribution in [1.29, 1.82) is 0 Å². The van der Waals surface area contributed by atoms with E-state index in [1.165, 1.54) is 0 Å². The second-order valence-electron chi connectivity index (χ2n) is 3.49. The van der Waals surface area contributed by atoms with E-state index in [0.29, 0.717) is 11.4 Å². The monoisotopic (exact) mass is 199 g/mol. The van der Waals surface area contributed by atoms with Crippen molar-refractivity contribution in [2.45, 2.75) is 24.6 Å². The van der Waals surface area contributed by atoms with Crippen LogP contribution in [0.15, 0.2) is 24.3 Å². The van der Waals surface area contributed by atoms with Gasteiger partial charge in [-0.2, -0.15) is 0 Å². The van der Waals surface area contributed by atoms with Gasteiger partial charge in [-0.25, -0.2) is 4.39 Å². The van der Waals surface area contributed by atoms with Crippen LogP contribution in [0.25, 0.3) is 0 Å². The molecule has 0 spiro atoms. The summed E-state index contributed by atoms with van der Waals surface area (Å²) in [5, 5.41) is 0.673. The summed E-state index contributed by atoms with van der Waals surface area (Å²) in [5.74, 6) is -0.128. The van der Waals surface area contributed by atoms with E-state index in [1.54, 1.807) is 12.1 Å². The van der Waals surface area contributed by atoms with Crippen LogP contribution in [0.1, 0.15) is 17.9 Å². The first kappa shape index (κ1) is 8.97. The average Bonchev–Trinajstić information content (AvgIpc) is 2.09. The summed E-state index contributed by atoms with van der Waals surface area (Å²) in [7, 11) is 0. The minimum absolute atomic E-state index is 0.0313. The van der Waals surface area contributed by atoms with Gasteiger partial charge < -0.3 is 5.73 Å². The van der Waals surface area contributed by atoms with E-state index < -0.39 is 6.17 Å². The molecule has 0 aromatic heterocycles. The Bertz CT molecular complexity index is 290. The van der Waals surface area contributed by atoms with Gasteiger partial charge in [0.05, 0.1) is 0 Å². The molecule has 0 saturated heterocycles. The maximum absolute atomic E-state index is 13.1. The van der Waals surface area contributed by atoms with Crippen LogP contribution in [-0.4, -0.2) is 12.2 Å². The molecule has 1 nitrogen and oxygen atoms in total. The third-order valence-electron chi connectivity index (χ3n) is 2.60. The Kier molecular flexibility index (Phi) is 2.26. The molecule has 3 atom stereocenters. The number of halogens is 2. The lowest BCUT2D eigenvalue weighted by Gasteiger charge is -2.37. The van der Waals surface area contributed by atoms with Crippen LogP contribution >= 0.6 is 11.6 Å². The van der Waals surface area contributed by atoms with Crippen LogP contribution in [0.2, 0.25) is 5.02 Å². The van der Waals surface area contributed by atoms with E-state index in [9.17, 15) is 4.39 Å². The van der Waals surface area contributed by atoms with Crippen molar-refractivity contribution in [3.63, 3.8) is 0 Å². The van der Waals surface area contributed by atoms with Crippen molar-refractivity contribution in [1.82, 2.24) is 0 Å². The lowest BCUT2D eigenvalue weighted by Crippen LogP contribution is -2.46. The molecule has 0 unspecified atom stereocenters. The Balaban J connectivity index is 2.21. The standard InChI is InChI=1S/C10H11ClFN/c11-7-3-1-6(2-4-7)10-8(12)5-9(10)13/h1-4,8-10H,5,13H2/t8-,9-,10-/m0/s1. The molecule has 1 saturated carbocycles. The van der Waals surface area contributed by atoms with Gasteiger partial charge >= 0.3 is 0 Å². The number of benzene rings is 1. The van der Waals surface area contributed by atoms with Gasteiger partial charge in [0.25, 0.3) is 0 Å². The number of hydrogen-bond donors (Lipinski definition) is 1. The van der Waals surface area contributed by atoms with Crippen molar-refractivity contribution < 1.29 is 4.39 Å². The molecule has 0 heterocycles. The van der Waals surface area contributed by atoms with Crippen molar-refractivity contribution >= 4 is 11.6 Å². The molecule has 70 valence electrons. The first-order valence-electron chi connectivity index (χ1n) is 4.33. The van der Waals surface area contributed by atoms with Crippen molar-refractivity contribution in [3.05, 3.63) is 34.9 Å². The van der Waals surface area contributed by atoms with Gasteiger partial charge in [0.1, 0.15) is 6.17 Å². The molecule has 1 aromatic rings. The van der Waals surface area contributed by atoms with E-state index in [2.05, 4.69) is 0 Å². The van der Waals surface area contributed by atoms with E-state index in [0.717, 1.165) is 5.56 Å². The number of rotatable bonds is 1. The molecule has 1 aromatic carbocycles. The smallest absolute Gasteiger partial charge is 0.110 e. The molecule has 0 amide bonds. The van der Waals surface area contributed by atoms with Gasteiger partial charge in [0.15, 0.2) is 0 Å². The van der Waals surface area contributed by atoms with Crippen LogP contribution in [0, 0.1) is 0 Å². The predicted octanol–water partition coefficient (Wildman–Crippen LogP) is 2.49. The Morgan fingerprint density at radius 1 is 1.31 bits per heavy atom. The summed E-state index contributed by atoms with van der Waals surface area (Å²) < 4.78 is 13.1. The number of hydrogen-bond acceptors (Lipinski definition) is 1. The van der Waals surface area contributed by atoms with Gasteiger partial charge in [-0.1, -0.05) is 23.7 Å². The van der Waals surface area contributed by atoms with E-state index in [1.807, 2.05) is 12.1 Å². The van der Waals surface area contributed by atoms with Crippen LogP contribution in [0.3, 0.4) is 0 Å². The minimum atomic E-state index is -0.781. The van der Waals surface area contributed by atoms with Crippen molar-refractivity contribution in [2.24, 2.45) is 5.73 Å². The van der Waals surface area contributed by atoms with Gasteiger partial charge in [0.2, 0.25) is 0 Å². The SMILES string of the molecule is N[C@H]1C[C@H](F)[C@@H]1c1ccc(Cl)cc1. The average molecular weight is 200 g/mol. The Hall–Kier alpha value is -0.600. The first-order chi connectivity index (χ1) is 6.18.